The van der Waals surface area contributed by atoms with Gasteiger partial charge in [0.1, 0.15) is 12.2 Å². The molecule has 0 unspecified atom stereocenters. The number of pyridine rings is 1. The van der Waals surface area contributed by atoms with Gasteiger partial charge in [0.15, 0.2) is 0 Å². The largest absolute Gasteiger partial charge is 0.476 e. The quantitative estimate of drug-likeness (QED) is 0.728. The second kappa shape index (κ2) is 9.74. The van der Waals surface area contributed by atoms with Crippen LogP contribution in [-0.4, -0.2) is 66.1 Å². The third-order valence-electron chi connectivity index (χ3n) is 6.63. The van der Waals surface area contributed by atoms with Crippen LogP contribution in [0.5, 0.6) is 5.88 Å². The van der Waals surface area contributed by atoms with Crippen LogP contribution in [0.4, 0.5) is 4.79 Å². The molecule has 0 aromatic carbocycles. The lowest BCUT2D eigenvalue weighted by Crippen LogP contribution is -2.58. The Balaban J connectivity index is 1.49. The number of carbonyl (C=O) groups excluding carboxylic acids is 1. The first-order valence-electron chi connectivity index (χ1n) is 11.8. The summed E-state index contributed by atoms with van der Waals surface area (Å²) in [6.45, 7) is 8.64. The van der Waals surface area contributed by atoms with Crippen molar-refractivity contribution in [2.24, 2.45) is 0 Å². The molecule has 1 saturated carbocycles. The molecule has 1 amide bonds. The van der Waals surface area contributed by atoms with Crippen LogP contribution in [0.2, 0.25) is 0 Å². The van der Waals surface area contributed by atoms with E-state index in [2.05, 4.69) is 21.3 Å². The third kappa shape index (κ3) is 5.89. The van der Waals surface area contributed by atoms with Crippen LogP contribution in [0.3, 0.4) is 0 Å². The van der Waals surface area contributed by atoms with Gasteiger partial charge >= 0.3 is 6.09 Å². The molecule has 5 rings (SSSR count). The lowest BCUT2D eigenvalue weighted by molar-refractivity contribution is -0.0323. The number of hydrogen-bond acceptors (Lipinski definition) is 6. The molecular formula is C24H37N3O4. The van der Waals surface area contributed by atoms with Gasteiger partial charge in [-0.3, -0.25) is 4.90 Å². The van der Waals surface area contributed by atoms with E-state index in [0.717, 1.165) is 57.5 Å². The molecule has 1 aromatic rings. The molecule has 1 N–H and O–H groups in total. The number of nitrogens with zero attached hydrogens (tertiary/aromatic N) is 2. The van der Waals surface area contributed by atoms with Gasteiger partial charge in [0.2, 0.25) is 5.88 Å². The molecule has 31 heavy (non-hydrogen) atoms. The highest BCUT2D eigenvalue weighted by molar-refractivity contribution is 5.68. The number of alkyl carbamates (subject to hydrolysis) is 1. The Morgan fingerprint density at radius 2 is 2.00 bits per heavy atom. The Labute approximate surface area is 185 Å². The second-order valence-electron chi connectivity index (χ2n) is 10.1. The minimum atomic E-state index is -0.507. The molecule has 7 nitrogen and oxygen atoms in total. The van der Waals surface area contributed by atoms with Crippen LogP contribution >= 0.6 is 0 Å². The number of aromatic nitrogens is 1. The zero-order valence-electron chi connectivity index (χ0n) is 19.1. The monoisotopic (exact) mass is 431 g/mol. The van der Waals surface area contributed by atoms with Crippen molar-refractivity contribution in [1.29, 1.82) is 0 Å². The molecule has 2 bridgehead atoms. The van der Waals surface area contributed by atoms with Crippen molar-refractivity contribution in [3.63, 3.8) is 0 Å². The van der Waals surface area contributed by atoms with Gasteiger partial charge < -0.3 is 19.5 Å². The molecule has 7 heteroatoms. The smallest absolute Gasteiger partial charge is 0.407 e. The van der Waals surface area contributed by atoms with E-state index in [4.69, 9.17) is 14.2 Å². The first kappa shape index (κ1) is 22.3. The van der Waals surface area contributed by atoms with Crippen molar-refractivity contribution in [1.82, 2.24) is 15.2 Å². The SMILES string of the molecule is CC(C)(C)OC(=O)N[C@H]1CCCN2CCOc3ncccc3[C@H]3CC[C@H](CC3)OC[C@@H]12. The van der Waals surface area contributed by atoms with Crippen LogP contribution < -0.4 is 10.1 Å². The molecule has 2 atom stereocenters. The van der Waals surface area contributed by atoms with Gasteiger partial charge in [0.05, 0.1) is 18.8 Å². The second-order valence-corrected chi connectivity index (χ2v) is 10.1. The van der Waals surface area contributed by atoms with Gasteiger partial charge in [-0.1, -0.05) is 6.07 Å². The maximum Gasteiger partial charge on any atom is 0.407 e. The number of piperidine rings is 1. The zero-order chi connectivity index (χ0) is 21.8. The maximum atomic E-state index is 12.5. The average molecular weight is 432 g/mol. The van der Waals surface area contributed by atoms with Crippen molar-refractivity contribution in [2.45, 2.75) is 89.0 Å². The van der Waals surface area contributed by atoms with Gasteiger partial charge in [-0.2, -0.15) is 0 Å². The Kier molecular flexibility index (Phi) is 7.02. The first-order valence-corrected chi connectivity index (χ1v) is 11.8. The Morgan fingerprint density at radius 3 is 2.77 bits per heavy atom. The van der Waals surface area contributed by atoms with Crippen molar-refractivity contribution < 1.29 is 19.0 Å². The average Bonchev–Trinajstić information content (AvgIpc) is 2.74. The number of amides is 1. The van der Waals surface area contributed by atoms with Gasteiger partial charge in [-0.15, -0.1) is 0 Å². The predicted octanol–water partition coefficient (Wildman–Crippen LogP) is 3.87. The summed E-state index contributed by atoms with van der Waals surface area (Å²) in [6.07, 6.45) is 8.00. The van der Waals surface area contributed by atoms with E-state index in [-0.39, 0.29) is 24.3 Å². The summed E-state index contributed by atoms with van der Waals surface area (Å²) < 4.78 is 18.1. The van der Waals surface area contributed by atoms with Crippen molar-refractivity contribution in [3.05, 3.63) is 23.9 Å². The summed E-state index contributed by atoms with van der Waals surface area (Å²) in [5, 5.41) is 3.12. The van der Waals surface area contributed by atoms with E-state index in [1.165, 1.54) is 5.56 Å². The first-order chi connectivity index (χ1) is 14.9. The predicted molar refractivity (Wildman–Crippen MR) is 118 cm³/mol. The van der Waals surface area contributed by atoms with Gasteiger partial charge in [0.25, 0.3) is 0 Å². The summed E-state index contributed by atoms with van der Waals surface area (Å²) in [6, 6.07) is 4.30. The summed E-state index contributed by atoms with van der Waals surface area (Å²) in [5.41, 5.74) is 0.729. The number of hydrogen-bond donors (Lipinski definition) is 1. The van der Waals surface area contributed by atoms with E-state index in [9.17, 15) is 4.79 Å². The van der Waals surface area contributed by atoms with E-state index in [1.54, 1.807) is 0 Å². The fourth-order valence-electron chi connectivity index (χ4n) is 5.12. The minimum absolute atomic E-state index is 0.00970. The van der Waals surface area contributed by atoms with Crippen LogP contribution in [0.15, 0.2) is 18.3 Å². The van der Waals surface area contributed by atoms with Crippen molar-refractivity contribution >= 4 is 6.09 Å². The van der Waals surface area contributed by atoms with Crippen LogP contribution in [0.25, 0.3) is 0 Å². The van der Waals surface area contributed by atoms with E-state index in [1.807, 2.05) is 33.0 Å². The van der Waals surface area contributed by atoms with Gasteiger partial charge in [-0.25, -0.2) is 9.78 Å². The Bertz CT molecular complexity index is 743. The Morgan fingerprint density at radius 1 is 1.19 bits per heavy atom. The molecule has 1 saturated heterocycles. The molecule has 3 aliphatic heterocycles. The zero-order valence-corrected chi connectivity index (χ0v) is 19.1. The van der Waals surface area contributed by atoms with Crippen molar-refractivity contribution in [3.8, 4) is 5.88 Å². The summed E-state index contributed by atoms with van der Waals surface area (Å²) in [4.78, 5) is 19.4. The number of fused-ring (bicyclic) bond motifs is 5. The fourth-order valence-corrected chi connectivity index (χ4v) is 5.12. The van der Waals surface area contributed by atoms with E-state index >= 15 is 0 Å². The maximum absolute atomic E-state index is 12.5. The molecule has 1 aliphatic carbocycles. The molecule has 4 heterocycles. The van der Waals surface area contributed by atoms with Gasteiger partial charge in [-0.05, 0) is 77.8 Å². The molecule has 0 spiro atoms. The Hall–Kier alpha value is -1.86. The van der Waals surface area contributed by atoms with E-state index in [0.29, 0.717) is 19.1 Å². The highest BCUT2D eigenvalue weighted by Gasteiger charge is 2.35. The third-order valence-corrected chi connectivity index (χ3v) is 6.63. The highest BCUT2D eigenvalue weighted by Crippen LogP contribution is 2.38. The number of carbonyl (C=O) groups is 1. The molecule has 4 aliphatic rings. The molecular weight excluding hydrogens is 394 g/mol. The normalized spacial score (nSPS) is 29.9. The summed E-state index contributed by atoms with van der Waals surface area (Å²) in [5.74, 6) is 1.27. The van der Waals surface area contributed by atoms with Crippen LogP contribution in [0, 0.1) is 0 Å². The summed E-state index contributed by atoms with van der Waals surface area (Å²) >= 11 is 0. The number of ether oxygens (including phenoxy) is 3. The highest BCUT2D eigenvalue weighted by atomic mass is 16.6. The standard InChI is InChI=1S/C24H37N3O4/c1-24(2,3)31-23(28)26-20-7-5-13-27-14-15-29-22-19(6-4-12-25-22)17-8-10-18(11-9-17)30-16-21(20)27/h4,6,12,17-18,20-21H,5,7-11,13-16H2,1-3H3,(H,26,28)/t17-,18+,20-,21-/m0/s1. The minimum Gasteiger partial charge on any atom is -0.476 e. The van der Waals surface area contributed by atoms with E-state index < -0.39 is 5.60 Å². The molecule has 0 radical (unpaired) electrons. The number of nitrogens with one attached hydrogen (secondary N) is 1. The van der Waals surface area contributed by atoms with Crippen LogP contribution in [0.1, 0.15) is 70.8 Å². The number of rotatable bonds is 1. The lowest BCUT2D eigenvalue weighted by atomic mass is 9.83. The fraction of sp³-hybridized carbons (Fsp3) is 0.750. The summed E-state index contributed by atoms with van der Waals surface area (Å²) in [7, 11) is 0. The van der Waals surface area contributed by atoms with Crippen LogP contribution in [-0.2, 0) is 9.47 Å². The molecule has 1 aromatic heterocycles. The van der Waals surface area contributed by atoms with Crippen molar-refractivity contribution in [2.75, 3.05) is 26.3 Å². The van der Waals surface area contributed by atoms with Gasteiger partial charge in [0, 0.05) is 24.3 Å². The molecule has 2 fully saturated rings. The molecule has 172 valence electrons. The topological polar surface area (TPSA) is 72.9 Å². The lowest BCUT2D eigenvalue weighted by Gasteiger charge is -2.42.